The van der Waals surface area contributed by atoms with Gasteiger partial charge in [0.1, 0.15) is 0 Å². The van der Waals surface area contributed by atoms with Crippen molar-refractivity contribution in [1.82, 2.24) is 5.32 Å². The molecule has 1 amide bonds. The molecule has 2 aliphatic rings. The first-order valence-electron chi connectivity index (χ1n) is 7.25. The van der Waals surface area contributed by atoms with E-state index in [9.17, 15) is 4.79 Å². The number of hydrogen-bond acceptors (Lipinski definition) is 2. The minimum Gasteiger partial charge on any atom is -0.353 e. The summed E-state index contributed by atoms with van der Waals surface area (Å²) in [4.78, 5) is 12.1. The Morgan fingerprint density at radius 3 is 2.41 bits per heavy atom. The van der Waals surface area contributed by atoms with Crippen LogP contribution in [-0.4, -0.2) is 18.0 Å². The second-order valence-corrected chi connectivity index (χ2v) is 5.90. The van der Waals surface area contributed by atoms with Crippen molar-refractivity contribution in [2.45, 2.75) is 70.4 Å². The lowest BCUT2D eigenvalue weighted by Crippen LogP contribution is -2.41. The number of rotatable bonds is 5. The summed E-state index contributed by atoms with van der Waals surface area (Å²) in [7, 11) is 0. The SMILES string of the molecule is CCC(CC1CC1)NC(=O)C1CCC(N)CC1. The van der Waals surface area contributed by atoms with Gasteiger partial charge in [-0.3, -0.25) is 4.79 Å². The molecule has 0 bridgehead atoms. The van der Waals surface area contributed by atoms with Crippen molar-refractivity contribution in [2.24, 2.45) is 17.6 Å². The first kappa shape index (κ1) is 12.9. The van der Waals surface area contributed by atoms with Gasteiger partial charge in [0, 0.05) is 18.0 Å². The van der Waals surface area contributed by atoms with Gasteiger partial charge >= 0.3 is 0 Å². The molecule has 0 heterocycles. The van der Waals surface area contributed by atoms with Crippen molar-refractivity contribution in [3.05, 3.63) is 0 Å². The Balaban J connectivity index is 1.74. The summed E-state index contributed by atoms with van der Waals surface area (Å²) in [6.07, 6.45) is 8.97. The van der Waals surface area contributed by atoms with Crippen LogP contribution in [-0.2, 0) is 4.79 Å². The number of carbonyl (C=O) groups is 1. The molecule has 0 aromatic carbocycles. The second-order valence-electron chi connectivity index (χ2n) is 5.90. The van der Waals surface area contributed by atoms with Gasteiger partial charge in [0.2, 0.25) is 5.91 Å². The monoisotopic (exact) mass is 238 g/mol. The third-order valence-electron chi connectivity index (χ3n) is 4.30. The highest BCUT2D eigenvalue weighted by molar-refractivity contribution is 5.79. The lowest BCUT2D eigenvalue weighted by molar-refractivity contribution is -0.126. The molecule has 0 saturated heterocycles. The fourth-order valence-corrected chi connectivity index (χ4v) is 2.78. The van der Waals surface area contributed by atoms with Crippen LogP contribution in [0.4, 0.5) is 0 Å². The van der Waals surface area contributed by atoms with Crippen LogP contribution in [0.25, 0.3) is 0 Å². The van der Waals surface area contributed by atoms with Crippen molar-refractivity contribution < 1.29 is 4.79 Å². The van der Waals surface area contributed by atoms with Crippen molar-refractivity contribution in [2.75, 3.05) is 0 Å². The maximum Gasteiger partial charge on any atom is 0.223 e. The lowest BCUT2D eigenvalue weighted by Gasteiger charge is -2.27. The Labute approximate surface area is 105 Å². The molecule has 0 aromatic heterocycles. The fourth-order valence-electron chi connectivity index (χ4n) is 2.78. The lowest BCUT2D eigenvalue weighted by atomic mass is 9.85. The van der Waals surface area contributed by atoms with E-state index in [2.05, 4.69) is 12.2 Å². The molecule has 0 radical (unpaired) electrons. The predicted octanol–water partition coefficient (Wildman–Crippen LogP) is 2.20. The number of hydrogen-bond donors (Lipinski definition) is 2. The molecule has 2 rings (SSSR count). The maximum atomic E-state index is 12.1. The van der Waals surface area contributed by atoms with E-state index in [0.717, 1.165) is 38.0 Å². The van der Waals surface area contributed by atoms with E-state index in [1.165, 1.54) is 19.3 Å². The molecule has 1 unspecified atom stereocenters. The van der Waals surface area contributed by atoms with Crippen molar-refractivity contribution >= 4 is 5.91 Å². The smallest absolute Gasteiger partial charge is 0.223 e. The summed E-state index contributed by atoms with van der Waals surface area (Å²) in [5.74, 6) is 1.40. The van der Waals surface area contributed by atoms with Gasteiger partial charge in [-0.05, 0) is 44.4 Å². The summed E-state index contributed by atoms with van der Waals surface area (Å²) in [6.45, 7) is 2.17. The standard InChI is InChI=1S/C14H26N2O/c1-2-13(9-10-3-4-10)16-14(17)11-5-7-12(15)8-6-11/h10-13H,2-9,15H2,1H3,(H,16,17). The van der Waals surface area contributed by atoms with Gasteiger partial charge in [0.15, 0.2) is 0 Å². The Morgan fingerprint density at radius 1 is 1.24 bits per heavy atom. The average Bonchev–Trinajstić information content (AvgIpc) is 3.13. The summed E-state index contributed by atoms with van der Waals surface area (Å²) < 4.78 is 0. The zero-order valence-corrected chi connectivity index (χ0v) is 11.0. The second kappa shape index (κ2) is 5.85. The minimum atomic E-state index is 0.225. The average molecular weight is 238 g/mol. The molecule has 2 fully saturated rings. The Bertz CT molecular complexity index is 255. The number of nitrogens with two attached hydrogens (primary N) is 1. The van der Waals surface area contributed by atoms with E-state index in [0.29, 0.717) is 12.1 Å². The predicted molar refractivity (Wildman–Crippen MR) is 69.5 cm³/mol. The summed E-state index contributed by atoms with van der Waals surface area (Å²) in [5.41, 5.74) is 5.87. The van der Waals surface area contributed by atoms with Gasteiger partial charge in [-0.2, -0.15) is 0 Å². The molecule has 0 spiro atoms. The van der Waals surface area contributed by atoms with E-state index in [1.54, 1.807) is 0 Å². The quantitative estimate of drug-likeness (QED) is 0.771. The van der Waals surface area contributed by atoms with Crippen molar-refractivity contribution in [3.8, 4) is 0 Å². The van der Waals surface area contributed by atoms with Crippen LogP contribution in [0.2, 0.25) is 0 Å². The highest BCUT2D eigenvalue weighted by atomic mass is 16.1. The molecule has 3 nitrogen and oxygen atoms in total. The van der Waals surface area contributed by atoms with Crippen molar-refractivity contribution in [3.63, 3.8) is 0 Å². The Hall–Kier alpha value is -0.570. The Morgan fingerprint density at radius 2 is 1.88 bits per heavy atom. The van der Waals surface area contributed by atoms with Crippen LogP contribution in [0, 0.1) is 11.8 Å². The third-order valence-corrected chi connectivity index (χ3v) is 4.30. The summed E-state index contributed by atoms with van der Waals surface area (Å²) in [5, 5.41) is 3.24. The van der Waals surface area contributed by atoms with Gasteiger partial charge in [-0.25, -0.2) is 0 Å². The molecule has 17 heavy (non-hydrogen) atoms. The molecular weight excluding hydrogens is 212 g/mol. The fraction of sp³-hybridized carbons (Fsp3) is 0.929. The largest absolute Gasteiger partial charge is 0.353 e. The zero-order valence-electron chi connectivity index (χ0n) is 11.0. The van der Waals surface area contributed by atoms with Crippen LogP contribution in [0.15, 0.2) is 0 Å². The number of nitrogens with one attached hydrogen (secondary N) is 1. The van der Waals surface area contributed by atoms with Gasteiger partial charge < -0.3 is 11.1 Å². The van der Waals surface area contributed by atoms with E-state index in [4.69, 9.17) is 5.73 Å². The number of amides is 1. The number of carbonyl (C=O) groups excluding carboxylic acids is 1. The first-order chi connectivity index (χ1) is 8.19. The zero-order chi connectivity index (χ0) is 12.3. The highest BCUT2D eigenvalue weighted by Gasteiger charge is 2.28. The molecule has 3 N–H and O–H groups in total. The van der Waals surface area contributed by atoms with Gasteiger partial charge in [0.05, 0.1) is 0 Å². The van der Waals surface area contributed by atoms with Crippen LogP contribution in [0.3, 0.4) is 0 Å². The van der Waals surface area contributed by atoms with Crippen LogP contribution < -0.4 is 11.1 Å². The van der Waals surface area contributed by atoms with Gasteiger partial charge in [-0.1, -0.05) is 19.8 Å². The van der Waals surface area contributed by atoms with Crippen LogP contribution in [0.1, 0.15) is 58.3 Å². The molecule has 0 aromatic rings. The molecule has 98 valence electrons. The normalized spacial score (nSPS) is 30.9. The van der Waals surface area contributed by atoms with Crippen LogP contribution >= 0.6 is 0 Å². The minimum absolute atomic E-state index is 0.225. The molecule has 0 aliphatic heterocycles. The van der Waals surface area contributed by atoms with Gasteiger partial charge in [0.25, 0.3) is 0 Å². The third kappa shape index (κ3) is 3.98. The topological polar surface area (TPSA) is 55.1 Å². The van der Waals surface area contributed by atoms with E-state index in [1.807, 2.05) is 0 Å². The summed E-state index contributed by atoms with van der Waals surface area (Å²) in [6, 6.07) is 0.734. The van der Waals surface area contributed by atoms with E-state index in [-0.39, 0.29) is 11.8 Å². The molecule has 1 atom stereocenters. The van der Waals surface area contributed by atoms with Crippen LogP contribution in [0.5, 0.6) is 0 Å². The van der Waals surface area contributed by atoms with Crippen molar-refractivity contribution in [1.29, 1.82) is 0 Å². The maximum absolute atomic E-state index is 12.1. The Kier molecular flexibility index (Phi) is 4.43. The highest BCUT2D eigenvalue weighted by Crippen LogP contribution is 2.34. The van der Waals surface area contributed by atoms with Gasteiger partial charge in [-0.15, -0.1) is 0 Å². The molecule has 2 saturated carbocycles. The van der Waals surface area contributed by atoms with E-state index >= 15 is 0 Å². The molecule has 3 heteroatoms. The molecule has 2 aliphatic carbocycles. The summed E-state index contributed by atoms with van der Waals surface area (Å²) >= 11 is 0. The first-order valence-corrected chi connectivity index (χ1v) is 7.25. The van der Waals surface area contributed by atoms with E-state index < -0.39 is 0 Å². The molecular formula is C14H26N2O.